The summed E-state index contributed by atoms with van der Waals surface area (Å²) in [5, 5.41) is 18.5. The third-order valence-corrected chi connectivity index (χ3v) is 5.93. The van der Waals surface area contributed by atoms with Gasteiger partial charge in [-0.1, -0.05) is 30.3 Å². The summed E-state index contributed by atoms with van der Waals surface area (Å²) in [7, 11) is 0. The summed E-state index contributed by atoms with van der Waals surface area (Å²) in [5.41, 5.74) is 7.75. The first-order valence-electron chi connectivity index (χ1n) is 10.8. The molecule has 33 heavy (non-hydrogen) atoms. The lowest BCUT2D eigenvalue weighted by molar-refractivity contribution is 0.490. The van der Waals surface area contributed by atoms with Crippen LogP contribution in [0.15, 0.2) is 64.2 Å². The first-order valence-corrected chi connectivity index (χ1v) is 10.8. The first kappa shape index (κ1) is 22.1. The fraction of sp³-hybridized carbons (Fsp3) is 0.280. The molecule has 0 aliphatic carbocycles. The summed E-state index contributed by atoms with van der Waals surface area (Å²) in [4.78, 5) is 28.6. The van der Waals surface area contributed by atoms with Crippen LogP contribution in [-0.4, -0.2) is 28.3 Å². The van der Waals surface area contributed by atoms with Crippen molar-refractivity contribution in [2.75, 3.05) is 18.0 Å². The van der Waals surface area contributed by atoms with Crippen molar-refractivity contribution in [3.05, 3.63) is 97.7 Å². The number of nitrogens with zero attached hydrogens (tertiary/aromatic N) is 5. The van der Waals surface area contributed by atoms with Gasteiger partial charge < -0.3 is 10.6 Å². The van der Waals surface area contributed by atoms with Gasteiger partial charge in [0.1, 0.15) is 5.82 Å². The van der Waals surface area contributed by atoms with E-state index in [-0.39, 0.29) is 19.1 Å². The lowest BCUT2D eigenvalue weighted by Crippen LogP contribution is -2.48. The van der Waals surface area contributed by atoms with E-state index in [0.29, 0.717) is 35.6 Å². The third kappa shape index (κ3) is 4.72. The molecule has 166 valence electrons. The molecular formula is C25H24N6O2. The topological polar surface area (TPSA) is 121 Å². The molecular weight excluding hydrogens is 416 g/mol. The highest BCUT2D eigenvalue weighted by Gasteiger charge is 2.22. The Hall–Kier alpha value is -4.14. The number of hydrogen-bond acceptors (Lipinski definition) is 6. The largest absolute Gasteiger partial charge is 0.356 e. The molecule has 0 amide bonds. The van der Waals surface area contributed by atoms with E-state index in [1.807, 2.05) is 17.0 Å². The molecule has 8 nitrogen and oxygen atoms in total. The van der Waals surface area contributed by atoms with Crippen LogP contribution in [-0.2, 0) is 13.1 Å². The van der Waals surface area contributed by atoms with Gasteiger partial charge in [-0.3, -0.25) is 13.9 Å². The van der Waals surface area contributed by atoms with Crippen LogP contribution in [0.1, 0.15) is 35.1 Å². The van der Waals surface area contributed by atoms with Gasteiger partial charge in [0.2, 0.25) is 0 Å². The van der Waals surface area contributed by atoms with Gasteiger partial charge in [-0.05, 0) is 42.2 Å². The fourth-order valence-corrected chi connectivity index (χ4v) is 4.18. The highest BCUT2D eigenvalue weighted by Crippen LogP contribution is 2.19. The number of benzene rings is 2. The van der Waals surface area contributed by atoms with E-state index in [0.717, 1.165) is 18.4 Å². The SMILES string of the molecule is N#Cc1ccc(Cn2c(=O)cc(N3CCCC(N)C3)n(Cc3ccccc3C#N)c2=O)cc1. The Morgan fingerprint density at radius 2 is 1.73 bits per heavy atom. The van der Waals surface area contributed by atoms with Gasteiger partial charge in [0.25, 0.3) is 5.56 Å². The van der Waals surface area contributed by atoms with Gasteiger partial charge in [-0.25, -0.2) is 4.79 Å². The minimum Gasteiger partial charge on any atom is -0.356 e. The van der Waals surface area contributed by atoms with Gasteiger partial charge in [0, 0.05) is 25.2 Å². The smallest absolute Gasteiger partial charge is 0.333 e. The molecule has 0 spiro atoms. The fourth-order valence-electron chi connectivity index (χ4n) is 4.18. The Labute approximate surface area is 191 Å². The van der Waals surface area contributed by atoms with Crippen molar-refractivity contribution in [3.8, 4) is 12.1 Å². The molecule has 2 N–H and O–H groups in total. The van der Waals surface area contributed by atoms with Crippen LogP contribution in [0.4, 0.5) is 5.82 Å². The first-order chi connectivity index (χ1) is 16.0. The van der Waals surface area contributed by atoms with Crippen LogP contribution < -0.4 is 21.9 Å². The second-order valence-corrected chi connectivity index (χ2v) is 8.22. The Morgan fingerprint density at radius 3 is 2.42 bits per heavy atom. The predicted octanol–water partition coefficient (Wildman–Crippen LogP) is 1.78. The summed E-state index contributed by atoms with van der Waals surface area (Å²) in [6.07, 6.45) is 1.77. The summed E-state index contributed by atoms with van der Waals surface area (Å²) in [6, 6.07) is 19.6. The number of nitriles is 2. The lowest BCUT2D eigenvalue weighted by atomic mass is 10.1. The second-order valence-electron chi connectivity index (χ2n) is 8.22. The second kappa shape index (κ2) is 9.56. The van der Waals surface area contributed by atoms with Crippen LogP contribution >= 0.6 is 0 Å². The number of aromatic nitrogens is 2. The van der Waals surface area contributed by atoms with Gasteiger partial charge >= 0.3 is 5.69 Å². The van der Waals surface area contributed by atoms with Crippen LogP contribution in [0.3, 0.4) is 0 Å². The highest BCUT2D eigenvalue weighted by atomic mass is 16.2. The predicted molar refractivity (Wildman–Crippen MR) is 125 cm³/mol. The maximum Gasteiger partial charge on any atom is 0.333 e. The number of nitrogens with two attached hydrogens (primary N) is 1. The molecule has 2 heterocycles. The molecule has 1 aliphatic rings. The van der Waals surface area contributed by atoms with Gasteiger partial charge in [-0.15, -0.1) is 0 Å². The van der Waals surface area contributed by atoms with Crippen molar-refractivity contribution in [2.45, 2.75) is 32.0 Å². The molecule has 0 radical (unpaired) electrons. The molecule has 1 saturated heterocycles. The third-order valence-electron chi connectivity index (χ3n) is 5.93. The molecule has 1 aromatic heterocycles. The van der Waals surface area contributed by atoms with Crippen molar-refractivity contribution in [1.29, 1.82) is 10.5 Å². The molecule has 1 aliphatic heterocycles. The van der Waals surface area contributed by atoms with E-state index in [9.17, 15) is 14.9 Å². The standard InChI is InChI=1S/C25H24N6O2/c26-13-18-7-9-19(10-8-18)15-31-24(32)12-23(29-11-3-6-22(28)17-29)30(25(31)33)16-21-5-2-1-4-20(21)14-27/h1-2,4-5,7-10,12,22H,3,6,11,15-17,28H2. The van der Waals surface area contributed by atoms with Crippen LogP contribution in [0.5, 0.6) is 0 Å². The summed E-state index contributed by atoms with van der Waals surface area (Å²) < 4.78 is 2.74. The summed E-state index contributed by atoms with van der Waals surface area (Å²) in [5.74, 6) is 0.518. The summed E-state index contributed by atoms with van der Waals surface area (Å²) >= 11 is 0. The van der Waals surface area contributed by atoms with Gasteiger partial charge in [-0.2, -0.15) is 10.5 Å². The van der Waals surface area contributed by atoms with E-state index >= 15 is 0 Å². The van der Waals surface area contributed by atoms with Gasteiger partial charge in [0.05, 0.1) is 36.4 Å². The van der Waals surface area contributed by atoms with Crippen LogP contribution in [0, 0.1) is 22.7 Å². The monoisotopic (exact) mass is 440 g/mol. The zero-order valence-corrected chi connectivity index (χ0v) is 18.1. The maximum absolute atomic E-state index is 13.6. The Bertz CT molecular complexity index is 1360. The Kier molecular flexibility index (Phi) is 6.39. The van der Waals surface area contributed by atoms with Crippen molar-refractivity contribution in [2.24, 2.45) is 5.73 Å². The number of rotatable bonds is 5. The molecule has 1 unspecified atom stereocenters. The molecule has 0 saturated carbocycles. The molecule has 8 heteroatoms. The molecule has 4 rings (SSSR count). The van der Waals surface area contributed by atoms with Crippen molar-refractivity contribution < 1.29 is 0 Å². The van der Waals surface area contributed by atoms with E-state index in [2.05, 4.69) is 12.1 Å². The van der Waals surface area contributed by atoms with Crippen molar-refractivity contribution in [3.63, 3.8) is 0 Å². The maximum atomic E-state index is 13.6. The Morgan fingerprint density at radius 1 is 0.970 bits per heavy atom. The zero-order valence-electron chi connectivity index (χ0n) is 18.1. The van der Waals surface area contributed by atoms with Crippen LogP contribution in [0.2, 0.25) is 0 Å². The van der Waals surface area contributed by atoms with Crippen LogP contribution in [0.25, 0.3) is 0 Å². The average Bonchev–Trinajstić information content (AvgIpc) is 2.84. The van der Waals surface area contributed by atoms with E-state index in [1.165, 1.54) is 10.6 Å². The molecule has 1 atom stereocenters. The Balaban J connectivity index is 1.81. The summed E-state index contributed by atoms with van der Waals surface area (Å²) in [6.45, 7) is 1.50. The number of hydrogen-bond donors (Lipinski definition) is 1. The molecule has 0 bridgehead atoms. The minimum atomic E-state index is -0.450. The lowest BCUT2D eigenvalue weighted by Gasteiger charge is -2.34. The quantitative estimate of drug-likeness (QED) is 0.646. The van der Waals surface area contributed by atoms with E-state index < -0.39 is 11.2 Å². The number of piperidine rings is 1. The van der Waals surface area contributed by atoms with E-state index in [1.54, 1.807) is 41.0 Å². The number of anilines is 1. The van der Waals surface area contributed by atoms with Crippen molar-refractivity contribution >= 4 is 5.82 Å². The zero-order chi connectivity index (χ0) is 23.4. The van der Waals surface area contributed by atoms with Gasteiger partial charge in [0.15, 0.2) is 0 Å². The highest BCUT2D eigenvalue weighted by molar-refractivity contribution is 5.43. The average molecular weight is 441 g/mol. The molecule has 3 aromatic rings. The molecule has 2 aromatic carbocycles. The molecule has 1 fully saturated rings. The van der Waals surface area contributed by atoms with E-state index in [4.69, 9.17) is 11.0 Å². The minimum absolute atomic E-state index is 0.0326. The normalized spacial score (nSPS) is 15.6. The van der Waals surface area contributed by atoms with Crippen molar-refractivity contribution in [1.82, 2.24) is 9.13 Å².